The molecule has 0 saturated carbocycles. The molecule has 0 amide bonds. The van der Waals surface area contributed by atoms with E-state index >= 15 is 0 Å². The first-order chi connectivity index (χ1) is 7.76. The van der Waals surface area contributed by atoms with Crippen LogP contribution in [-0.2, 0) is 6.42 Å². The molecule has 0 aromatic carbocycles. The lowest BCUT2D eigenvalue weighted by atomic mass is 10.2. The SMILES string of the molecule is CCc1ccsc1-c1nc(C(N)CC)no1. The van der Waals surface area contributed by atoms with Crippen molar-refractivity contribution >= 4 is 11.3 Å². The molecule has 0 aliphatic rings. The molecule has 4 nitrogen and oxygen atoms in total. The van der Waals surface area contributed by atoms with E-state index in [9.17, 15) is 0 Å². The number of hydrogen-bond donors (Lipinski definition) is 1. The zero-order valence-corrected chi connectivity index (χ0v) is 10.3. The smallest absolute Gasteiger partial charge is 0.268 e. The molecule has 2 N–H and O–H groups in total. The highest BCUT2D eigenvalue weighted by molar-refractivity contribution is 7.13. The molecule has 1 atom stereocenters. The van der Waals surface area contributed by atoms with Crippen LogP contribution in [0, 0.1) is 0 Å². The summed E-state index contributed by atoms with van der Waals surface area (Å²) in [5.74, 6) is 1.18. The first-order valence-electron chi connectivity index (χ1n) is 5.42. The number of thiophene rings is 1. The number of nitrogens with zero attached hydrogens (tertiary/aromatic N) is 2. The summed E-state index contributed by atoms with van der Waals surface area (Å²) in [6.45, 7) is 4.12. The Morgan fingerprint density at radius 2 is 2.31 bits per heavy atom. The fourth-order valence-corrected chi connectivity index (χ4v) is 2.38. The van der Waals surface area contributed by atoms with Gasteiger partial charge < -0.3 is 10.3 Å². The maximum atomic E-state index is 5.85. The van der Waals surface area contributed by atoms with E-state index in [0.717, 1.165) is 17.7 Å². The highest BCUT2D eigenvalue weighted by atomic mass is 32.1. The molecule has 16 heavy (non-hydrogen) atoms. The fraction of sp³-hybridized carbons (Fsp3) is 0.455. The topological polar surface area (TPSA) is 64.9 Å². The minimum Gasteiger partial charge on any atom is -0.333 e. The second kappa shape index (κ2) is 4.76. The molecule has 0 fully saturated rings. The van der Waals surface area contributed by atoms with Crippen molar-refractivity contribution in [2.24, 2.45) is 5.73 Å². The van der Waals surface area contributed by atoms with Gasteiger partial charge in [-0.05, 0) is 29.9 Å². The molecular formula is C11H15N3OS. The lowest BCUT2D eigenvalue weighted by molar-refractivity contribution is 0.415. The van der Waals surface area contributed by atoms with Crippen LogP contribution in [0.3, 0.4) is 0 Å². The van der Waals surface area contributed by atoms with Gasteiger partial charge in [-0.2, -0.15) is 4.98 Å². The Labute approximate surface area is 98.5 Å². The van der Waals surface area contributed by atoms with E-state index in [0.29, 0.717) is 11.7 Å². The second-order valence-corrected chi connectivity index (χ2v) is 4.52. The fourth-order valence-electron chi connectivity index (χ4n) is 1.46. The Kier molecular flexibility index (Phi) is 3.36. The molecule has 0 spiro atoms. The van der Waals surface area contributed by atoms with Gasteiger partial charge in [0.2, 0.25) is 0 Å². The molecule has 0 aliphatic carbocycles. The first-order valence-corrected chi connectivity index (χ1v) is 6.30. The summed E-state index contributed by atoms with van der Waals surface area (Å²) in [6.07, 6.45) is 1.78. The predicted molar refractivity (Wildman–Crippen MR) is 64.2 cm³/mol. The van der Waals surface area contributed by atoms with Crippen molar-refractivity contribution in [2.75, 3.05) is 0 Å². The van der Waals surface area contributed by atoms with Gasteiger partial charge in [0.05, 0.1) is 10.9 Å². The van der Waals surface area contributed by atoms with E-state index in [2.05, 4.69) is 23.1 Å². The largest absolute Gasteiger partial charge is 0.333 e. The molecule has 1 unspecified atom stereocenters. The van der Waals surface area contributed by atoms with Crippen molar-refractivity contribution in [3.05, 3.63) is 22.8 Å². The highest BCUT2D eigenvalue weighted by Crippen LogP contribution is 2.29. The lowest BCUT2D eigenvalue weighted by Gasteiger charge is -1.99. The zero-order valence-electron chi connectivity index (χ0n) is 9.43. The van der Waals surface area contributed by atoms with Gasteiger partial charge in [0.15, 0.2) is 5.82 Å². The van der Waals surface area contributed by atoms with Crippen LogP contribution in [0.25, 0.3) is 10.8 Å². The highest BCUT2D eigenvalue weighted by Gasteiger charge is 2.16. The standard InChI is InChI=1S/C11H15N3OS/c1-3-7-5-6-16-9(7)11-13-10(14-15-11)8(12)4-2/h5-6,8H,3-4,12H2,1-2H3. The van der Waals surface area contributed by atoms with Gasteiger partial charge in [-0.3, -0.25) is 0 Å². The van der Waals surface area contributed by atoms with Gasteiger partial charge in [0, 0.05) is 0 Å². The van der Waals surface area contributed by atoms with Crippen molar-refractivity contribution in [3.63, 3.8) is 0 Å². The summed E-state index contributed by atoms with van der Waals surface area (Å²) in [5.41, 5.74) is 7.09. The van der Waals surface area contributed by atoms with Gasteiger partial charge >= 0.3 is 0 Å². The normalized spacial score (nSPS) is 12.9. The Hall–Kier alpha value is -1.20. The Bertz CT molecular complexity index is 463. The number of hydrogen-bond acceptors (Lipinski definition) is 5. The van der Waals surface area contributed by atoms with Crippen LogP contribution in [0.4, 0.5) is 0 Å². The maximum Gasteiger partial charge on any atom is 0.268 e. The van der Waals surface area contributed by atoms with E-state index in [1.54, 1.807) is 11.3 Å². The molecule has 5 heteroatoms. The number of rotatable bonds is 4. The molecule has 0 saturated heterocycles. The third kappa shape index (κ3) is 2.01. The summed E-state index contributed by atoms with van der Waals surface area (Å²) >= 11 is 1.62. The van der Waals surface area contributed by atoms with Gasteiger partial charge in [-0.15, -0.1) is 11.3 Å². The first kappa shape index (κ1) is 11.3. The molecule has 0 aliphatic heterocycles. The molecule has 2 heterocycles. The Balaban J connectivity index is 2.31. The second-order valence-electron chi connectivity index (χ2n) is 3.60. The van der Waals surface area contributed by atoms with Crippen LogP contribution < -0.4 is 5.73 Å². The monoisotopic (exact) mass is 237 g/mol. The molecule has 0 radical (unpaired) electrons. The van der Waals surface area contributed by atoms with Crippen molar-refractivity contribution in [2.45, 2.75) is 32.7 Å². The average molecular weight is 237 g/mol. The van der Waals surface area contributed by atoms with Crippen LogP contribution in [0.1, 0.15) is 37.7 Å². The summed E-state index contributed by atoms with van der Waals surface area (Å²) < 4.78 is 5.24. The van der Waals surface area contributed by atoms with Crippen molar-refractivity contribution in [1.29, 1.82) is 0 Å². The molecule has 86 valence electrons. The van der Waals surface area contributed by atoms with Crippen LogP contribution in [0.2, 0.25) is 0 Å². The molecular weight excluding hydrogens is 222 g/mol. The number of nitrogens with two attached hydrogens (primary N) is 1. The molecule has 2 aromatic rings. The Morgan fingerprint density at radius 3 is 3.00 bits per heavy atom. The van der Waals surface area contributed by atoms with Crippen LogP contribution in [0.15, 0.2) is 16.0 Å². The van der Waals surface area contributed by atoms with Crippen LogP contribution in [-0.4, -0.2) is 10.1 Å². The number of aromatic nitrogens is 2. The van der Waals surface area contributed by atoms with Gasteiger partial charge in [0.1, 0.15) is 0 Å². The van der Waals surface area contributed by atoms with Crippen molar-refractivity contribution in [1.82, 2.24) is 10.1 Å². The quantitative estimate of drug-likeness (QED) is 0.888. The van der Waals surface area contributed by atoms with Gasteiger partial charge in [0.25, 0.3) is 5.89 Å². The van der Waals surface area contributed by atoms with Gasteiger partial charge in [-0.1, -0.05) is 19.0 Å². The van der Waals surface area contributed by atoms with E-state index in [1.165, 1.54) is 5.56 Å². The van der Waals surface area contributed by atoms with Crippen molar-refractivity contribution in [3.8, 4) is 10.8 Å². The van der Waals surface area contributed by atoms with E-state index in [-0.39, 0.29) is 6.04 Å². The minimum absolute atomic E-state index is 0.137. The van der Waals surface area contributed by atoms with E-state index in [4.69, 9.17) is 10.3 Å². The number of aryl methyl sites for hydroxylation is 1. The van der Waals surface area contributed by atoms with Crippen LogP contribution in [0.5, 0.6) is 0 Å². The molecule has 2 rings (SSSR count). The Morgan fingerprint density at radius 1 is 1.50 bits per heavy atom. The summed E-state index contributed by atoms with van der Waals surface area (Å²) in [6, 6.07) is 1.95. The molecule has 2 aromatic heterocycles. The summed E-state index contributed by atoms with van der Waals surface area (Å²) in [5, 5.41) is 5.95. The van der Waals surface area contributed by atoms with E-state index < -0.39 is 0 Å². The third-order valence-electron chi connectivity index (χ3n) is 2.54. The van der Waals surface area contributed by atoms with E-state index in [1.807, 2.05) is 12.3 Å². The average Bonchev–Trinajstić information content (AvgIpc) is 2.95. The molecule has 0 bridgehead atoms. The summed E-state index contributed by atoms with van der Waals surface area (Å²) in [4.78, 5) is 5.40. The lowest BCUT2D eigenvalue weighted by Crippen LogP contribution is -2.10. The zero-order chi connectivity index (χ0) is 11.5. The van der Waals surface area contributed by atoms with Crippen molar-refractivity contribution < 1.29 is 4.52 Å². The summed E-state index contributed by atoms with van der Waals surface area (Å²) in [7, 11) is 0. The van der Waals surface area contributed by atoms with Crippen LogP contribution >= 0.6 is 11.3 Å². The van der Waals surface area contributed by atoms with Gasteiger partial charge in [-0.25, -0.2) is 0 Å². The minimum atomic E-state index is -0.137. The third-order valence-corrected chi connectivity index (χ3v) is 3.48. The predicted octanol–water partition coefficient (Wildman–Crippen LogP) is 2.77. The maximum absolute atomic E-state index is 5.85.